The molecule has 5 nitrogen and oxygen atoms in total. The van der Waals surface area contributed by atoms with Crippen LogP contribution in [0, 0.1) is 5.92 Å². The Morgan fingerprint density at radius 3 is 2.30 bits per heavy atom. The van der Waals surface area contributed by atoms with E-state index in [1.165, 1.54) is 19.3 Å². The van der Waals surface area contributed by atoms with Crippen LogP contribution in [0.25, 0.3) is 0 Å². The SMILES string of the molecule is CC(NC(=O)CC1CCCCC1)C(=O)N[C@@H](C)CN.Cl. The first-order valence-electron chi connectivity index (χ1n) is 7.32. The number of hydrogen-bond donors (Lipinski definition) is 3. The number of nitrogens with two attached hydrogens (primary N) is 1. The van der Waals surface area contributed by atoms with Gasteiger partial charge < -0.3 is 16.4 Å². The molecule has 0 radical (unpaired) electrons. The van der Waals surface area contributed by atoms with Gasteiger partial charge in [-0.05, 0) is 32.6 Å². The van der Waals surface area contributed by atoms with Gasteiger partial charge in [-0.25, -0.2) is 0 Å². The molecule has 0 aromatic heterocycles. The van der Waals surface area contributed by atoms with E-state index in [9.17, 15) is 9.59 Å². The Balaban J connectivity index is 0.00000361. The van der Waals surface area contributed by atoms with E-state index < -0.39 is 6.04 Å². The van der Waals surface area contributed by atoms with Crippen LogP contribution in [0.1, 0.15) is 52.4 Å². The summed E-state index contributed by atoms with van der Waals surface area (Å²) in [6.45, 7) is 3.94. The van der Waals surface area contributed by atoms with Crippen molar-refractivity contribution in [2.45, 2.75) is 64.5 Å². The number of nitrogens with one attached hydrogen (secondary N) is 2. The first-order valence-corrected chi connectivity index (χ1v) is 7.32. The first kappa shape index (κ1) is 19.2. The van der Waals surface area contributed by atoms with Crippen molar-refractivity contribution in [1.82, 2.24) is 10.6 Å². The lowest BCUT2D eigenvalue weighted by atomic mass is 9.87. The van der Waals surface area contributed by atoms with Crippen LogP contribution in [0.3, 0.4) is 0 Å². The molecule has 0 spiro atoms. The van der Waals surface area contributed by atoms with E-state index in [1.54, 1.807) is 6.92 Å². The summed E-state index contributed by atoms with van der Waals surface area (Å²) in [4.78, 5) is 23.6. The van der Waals surface area contributed by atoms with Gasteiger partial charge in [0.25, 0.3) is 0 Å². The lowest BCUT2D eigenvalue weighted by Gasteiger charge is -2.22. The van der Waals surface area contributed by atoms with E-state index in [1.807, 2.05) is 6.92 Å². The predicted molar refractivity (Wildman–Crippen MR) is 82.7 cm³/mol. The summed E-state index contributed by atoms with van der Waals surface area (Å²) in [5.41, 5.74) is 5.44. The Hall–Kier alpha value is -0.810. The molecule has 6 heteroatoms. The van der Waals surface area contributed by atoms with E-state index in [0.717, 1.165) is 12.8 Å². The summed E-state index contributed by atoms with van der Waals surface area (Å²) in [7, 11) is 0. The molecule has 1 unspecified atom stereocenters. The monoisotopic (exact) mass is 305 g/mol. The van der Waals surface area contributed by atoms with Gasteiger partial charge in [0, 0.05) is 19.0 Å². The van der Waals surface area contributed by atoms with Gasteiger partial charge in [-0.1, -0.05) is 19.3 Å². The minimum absolute atomic E-state index is 0. The summed E-state index contributed by atoms with van der Waals surface area (Å²) in [5.74, 6) is 0.303. The van der Waals surface area contributed by atoms with Crippen molar-refractivity contribution in [2.24, 2.45) is 11.7 Å². The van der Waals surface area contributed by atoms with Crippen molar-refractivity contribution in [1.29, 1.82) is 0 Å². The highest BCUT2D eigenvalue weighted by Crippen LogP contribution is 2.26. The van der Waals surface area contributed by atoms with E-state index >= 15 is 0 Å². The van der Waals surface area contributed by atoms with E-state index in [4.69, 9.17) is 5.73 Å². The molecule has 0 aromatic carbocycles. The average molecular weight is 306 g/mol. The zero-order valence-electron chi connectivity index (χ0n) is 12.5. The Kier molecular flexibility index (Phi) is 9.59. The van der Waals surface area contributed by atoms with Crippen LogP contribution in [0.2, 0.25) is 0 Å². The minimum Gasteiger partial charge on any atom is -0.351 e. The van der Waals surface area contributed by atoms with E-state index in [-0.39, 0.29) is 30.3 Å². The number of halogens is 1. The third kappa shape index (κ3) is 7.10. The Bertz CT molecular complexity index is 307. The van der Waals surface area contributed by atoms with Crippen LogP contribution in [0.4, 0.5) is 0 Å². The molecule has 1 saturated carbocycles. The Morgan fingerprint density at radius 1 is 1.15 bits per heavy atom. The van der Waals surface area contributed by atoms with Crippen molar-refractivity contribution in [3.8, 4) is 0 Å². The third-order valence-corrected chi connectivity index (χ3v) is 3.71. The van der Waals surface area contributed by atoms with Gasteiger partial charge >= 0.3 is 0 Å². The van der Waals surface area contributed by atoms with Crippen LogP contribution < -0.4 is 16.4 Å². The van der Waals surface area contributed by atoms with Crippen LogP contribution >= 0.6 is 12.4 Å². The summed E-state index contributed by atoms with van der Waals surface area (Å²) in [6.07, 6.45) is 6.55. The zero-order valence-corrected chi connectivity index (χ0v) is 13.3. The predicted octanol–water partition coefficient (Wildman–Crippen LogP) is 1.35. The van der Waals surface area contributed by atoms with E-state index in [0.29, 0.717) is 18.9 Å². The largest absolute Gasteiger partial charge is 0.351 e. The van der Waals surface area contributed by atoms with Gasteiger partial charge in [0.15, 0.2) is 0 Å². The summed E-state index contributed by atoms with van der Waals surface area (Å²) in [5, 5.41) is 5.52. The highest BCUT2D eigenvalue weighted by atomic mass is 35.5. The molecule has 0 aromatic rings. The molecular weight excluding hydrogens is 278 g/mol. The third-order valence-electron chi connectivity index (χ3n) is 3.71. The second-order valence-corrected chi connectivity index (χ2v) is 5.64. The molecule has 2 atom stereocenters. The fraction of sp³-hybridized carbons (Fsp3) is 0.857. The number of carbonyl (C=O) groups excluding carboxylic acids is 2. The molecular formula is C14H28ClN3O2. The molecule has 4 N–H and O–H groups in total. The quantitative estimate of drug-likeness (QED) is 0.692. The molecule has 20 heavy (non-hydrogen) atoms. The van der Waals surface area contributed by atoms with Gasteiger partial charge in [0.1, 0.15) is 6.04 Å². The Labute approximate surface area is 127 Å². The van der Waals surface area contributed by atoms with Crippen molar-refractivity contribution in [2.75, 3.05) is 6.54 Å². The van der Waals surface area contributed by atoms with Crippen LogP contribution in [0.5, 0.6) is 0 Å². The average Bonchev–Trinajstić information content (AvgIpc) is 2.39. The molecule has 2 amide bonds. The van der Waals surface area contributed by atoms with Gasteiger partial charge in [0.2, 0.25) is 11.8 Å². The van der Waals surface area contributed by atoms with Crippen molar-refractivity contribution >= 4 is 24.2 Å². The number of amides is 2. The fourth-order valence-electron chi connectivity index (χ4n) is 2.45. The molecule has 118 valence electrons. The van der Waals surface area contributed by atoms with Gasteiger partial charge in [-0.15, -0.1) is 12.4 Å². The lowest BCUT2D eigenvalue weighted by molar-refractivity contribution is -0.129. The molecule has 1 fully saturated rings. The molecule has 1 rings (SSSR count). The summed E-state index contributed by atoms with van der Waals surface area (Å²) in [6, 6.07) is -0.560. The lowest BCUT2D eigenvalue weighted by Crippen LogP contribution is -2.49. The molecule has 0 heterocycles. The smallest absolute Gasteiger partial charge is 0.242 e. The normalized spacial score (nSPS) is 18.6. The Morgan fingerprint density at radius 2 is 1.75 bits per heavy atom. The summed E-state index contributed by atoms with van der Waals surface area (Å²) < 4.78 is 0. The van der Waals surface area contributed by atoms with Crippen molar-refractivity contribution in [3.05, 3.63) is 0 Å². The van der Waals surface area contributed by atoms with Gasteiger partial charge in [0.05, 0.1) is 0 Å². The molecule has 1 aliphatic rings. The van der Waals surface area contributed by atoms with Crippen LogP contribution in [0.15, 0.2) is 0 Å². The fourth-order valence-corrected chi connectivity index (χ4v) is 2.45. The maximum atomic E-state index is 11.9. The number of hydrogen-bond acceptors (Lipinski definition) is 3. The van der Waals surface area contributed by atoms with Gasteiger partial charge in [-0.2, -0.15) is 0 Å². The van der Waals surface area contributed by atoms with Crippen LogP contribution in [-0.2, 0) is 9.59 Å². The molecule has 0 saturated heterocycles. The molecule has 1 aliphatic carbocycles. The second kappa shape index (κ2) is 10.00. The standard InChI is InChI=1S/C14H27N3O2.ClH/c1-10(9-15)16-14(19)11(2)17-13(18)8-12-6-4-3-5-7-12;/h10-12H,3-9,15H2,1-2H3,(H,16,19)(H,17,18);1H/t10-,11?;/m0./s1. The molecule has 0 aliphatic heterocycles. The second-order valence-electron chi connectivity index (χ2n) is 5.64. The van der Waals surface area contributed by atoms with Crippen molar-refractivity contribution < 1.29 is 9.59 Å². The van der Waals surface area contributed by atoms with Crippen LogP contribution in [-0.4, -0.2) is 30.4 Å². The highest BCUT2D eigenvalue weighted by Gasteiger charge is 2.20. The number of rotatable bonds is 6. The topological polar surface area (TPSA) is 84.2 Å². The first-order chi connectivity index (χ1) is 9.02. The summed E-state index contributed by atoms with van der Waals surface area (Å²) >= 11 is 0. The molecule has 0 bridgehead atoms. The number of carbonyl (C=O) groups is 2. The maximum Gasteiger partial charge on any atom is 0.242 e. The van der Waals surface area contributed by atoms with E-state index in [2.05, 4.69) is 10.6 Å². The maximum absolute atomic E-state index is 11.9. The van der Waals surface area contributed by atoms with Gasteiger partial charge in [-0.3, -0.25) is 9.59 Å². The minimum atomic E-state index is -0.495. The highest BCUT2D eigenvalue weighted by molar-refractivity contribution is 5.87. The van der Waals surface area contributed by atoms with Crippen molar-refractivity contribution in [3.63, 3.8) is 0 Å². The zero-order chi connectivity index (χ0) is 14.3.